The lowest BCUT2D eigenvalue weighted by Crippen LogP contribution is -2.28. The third-order valence-electron chi connectivity index (χ3n) is 2.24. The lowest BCUT2D eigenvalue weighted by atomic mass is 9.83. The topological polar surface area (TPSA) is 82.1 Å². The molecule has 0 saturated heterocycles. The van der Waals surface area contributed by atoms with Crippen molar-refractivity contribution in [1.29, 1.82) is 5.26 Å². The number of halogens is 1. The largest absolute Gasteiger partial charge is 0.491 e. The van der Waals surface area contributed by atoms with Crippen LogP contribution in [0.25, 0.3) is 5.69 Å². The molecular formula is C10H7BClN3O2. The quantitative estimate of drug-likeness (QED) is 0.736. The molecule has 17 heavy (non-hydrogen) atoms. The standard InChI is InChI=1S/C10H7BClN3O2/c12-10-3-9(2-1-7(10)4-13)15-6-8(5-14-15)11(16)17/h1-3,5-6,16-17H. The Morgan fingerprint density at radius 3 is 2.71 bits per heavy atom. The zero-order chi connectivity index (χ0) is 12.4. The molecule has 0 aliphatic rings. The number of hydrogen-bond donors (Lipinski definition) is 2. The minimum absolute atomic E-state index is 0.283. The van der Waals surface area contributed by atoms with Crippen LogP contribution in [-0.4, -0.2) is 26.9 Å². The Morgan fingerprint density at radius 2 is 2.18 bits per heavy atom. The van der Waals surface area contributed by atoms with Crippen LogP contribution in [-0.2, 0) is 0 Å². The summed E-state index contributed by atoms with van der Waals surface area (Å²) in [4.78, 5) is 0. The first-order valence-electron chi connectivity index (χ1n) is 4.72. The van der Waals surface area contributed by atoms with E-state index in [2.05, 4.69) is 5.10 Å². The van der Waals surface area contributed by atoms with Crippen LogP contribution in [0.3, 0.4) is 0 Å². The van der Waals surface area contributed by atoms with Gasteiger partial charge in [-0.15, -0.1) is 0 Å². The van der Waals surface area contributed by atoms with Crippen molar-refractivity contribution in [3.63, 3.8) is 0 Å². The van der Waals surface area contributed by atoms with Crippen LogP contribution < -0.4 is 5.46 Å². The van der Waals surface area contributed by atoms with E-state index in [4.69, 9.17) is 26.9 Å². The van der Waals surface area contributed by atoms with Gasteiger partial charge in [0.2, 0.25) is 0 Å². The molecule has 2 aromatic rings. The minimum atomic E-state index is -1.56. The maximum atomic E-state index is 8.95. The van der Waals surface area contributed by atoms with Gasteiger partial charge in [0.1, 0.15) is 6.07 Å². The molecule has 0 amide bonds. The van der Waals surface area contributed by atoms with E-state index < -0.39 is 7.12 Å². The first-order chi connectivity index (χ1) is 8.11. The second-order valence-corrected chi connectivity index (χ2v) is 3.78. The van der Waals surface area contributed by atoms with E-state index in [1.54, 1.807) is 18.2 Å². The first-order valence-corrected chi connectivity index (χ1v) is 5.10. The molecule has 0 spiro atoms. The van der Waals surface area contributed by atoms with Crippen molar-refractivity contribution in [3.05, 3.63) is 41.2 Å². The molecular weight excluding hydrogens is 240 g/mol. The fourth-order valence-electron chi connectivity index (χ4n) is 1.35. The maximum absolute atomic E-state index is 8.95. The summed E-state index contributed by atoms with van der Waals surface area (Å²) in [7, 11) is -1.56. The summed E-state index contributed by atoms with van der Waals surface area (Å²) in [5.74, 6) is 0. The minimum Gasteiger partial charge on any atom is -0.423 e. The fourth-order valence-corrected chi connectivity index (χ4v) is 1.57. The molecule has 2 N–H and O–H groups in total. The van der Waals surface area contributed by atoms with Crippen molar-refractivity contribution in [1.82, 2.24) is 9.78 Å². The van der Waals surface area contributed by atoms with E-state index in [0.29, 0.717) is 16.3 Å². The normalized spacial score (nSPS) is 10.0. The molecule has 0 aliphatic heterocycles. The Balaban J connectivity index is 2.40. The van der Waals surface area contributed by atoms with E-state index in [0.717, 1.165) is 0 Å². The van der Waals surface area contributed by atoms with Crippen LogP contribution >= 0.6 is 11.6 Å². The molecule has 0 atom stereocenters. The van der Waals surface area contributed by atoms with Crippen LogP contribution in [0.2, 0.25) is 5.02 Å². The van der Waals surface area contributed by atoms with Crippen molar-refractivity contribution in [2.75, 3.05) is 0 Å². The predicted molar refractivity (Wildman–Crippen MR) is 63.1 cm³/mol. The summed E-state index contributed by atoms with van der Waals surface area (Å²) >= 11 is 5.89. The van der Waals surface area contributed by atoms with Gasteiger partial charge in [-0.3, -0.25) is 0 Å². The SMILES string of the molecule is N#Cc1ccc(-n2cc(B(O)O)cn2)cc1Cl. The third-order valence-corrected chi connectivity index (χ3v) is 2.55. The van der Waals surface area contributed by atoms with Gasteiger partial charge in [-0.05, 0) is 18.2 Å². The summed E-state index contributed by atoms with van der Waals surface area (Å²) in [6.07, 6.45) is 2.82. The fraction of sp³-hybridized carbons (Fsp3) is 0. The summed E-state index contributed by atoms with van der Waals surface area (Å²) in [5, 5.41) is 30.9. The number of hydrogen-bond acceptors (Lipinski definition) is 4. The Hall–Kier alpha value is -1.81. The Kier molecular flexibility index (Phi) is 3.15. The van der Waals surface area contributed by atoms with E-state index in [9.17, 15) is 0 Å². The lowest BCUT2D eigenvalue weighted by Gasteiger charge is -2.02. The van der Waals surface area contributed by atoms with Crippen LogP contribution in [0.4, 0.5) is 0 Å². The van der Waals surface area contributed by atoms with Gasteiger partial charge in [-0.1, -0.05) is 11.6 Å². The summed E-state index contributed by atoms with van der Waals surface area (Å²) < 4.78 is 1.45. The number of rotatable bonds is 2. The van der Waals surface area contributed by atoms with Gasteiger partial charge in [0.05, 0.1) is 16.3 Å². The molecule has 5 nitrogen and oxygen atoms in total. The van der Waals surface area contributed by atoms with E-state index >= 15 is 0 Å². The molecule has 2 rings (SSSR count). The molecule has 0 radical (unpaired) electrons. The van der Waals surface area contributed by atoms with Crippen molar-refractivity contribution in [2.45, 2.75) is 0 Å². The molecule has 0 bridgehead atoms. The van der Waals surface area contributed by atoms with Gasteiger partial charge in [0, 0.05) is 17.9 Å². The van der Waals surface area contributed by atoms with Gasteiger partial charge >= 0.3 is 7.12 Å². The second-order valence-electron chi connectivity index (χ2n) is 3.37. The molecule has 0 aliphatic carbocycles. The van der Waals surface area contributed by atoms with Gasteiger partial charge in [0.25, 0.3) is 0 Å². The third kappa shape index (κ3) is 2.32. The first kappa shape index (κ1) is 11.7. The number of nitriles is 1. The average Bonchev–Trinajstić information content (AvgIpc) is 2.78. The molecule has 0 fully saturated rings. The van der Waals surface area contributed by atoms with E-state index in [-0.39, 0.29) is 5.46 Å². The van der Waals surface area contributed by atoms with E-state index in [1.165, 1.54) is 17.1 Å². The Bertz CT molecular complexity index is 591. The monoisotopic (exact) mass is 247 g/mol. The smallest absolute Gasteiger partial charge is 0.423 e. The van der Waals surface area contributed by atoms with Crippen molar-refractivity contribution in [2.24, 2.45) is 0 Å². The molecule has 1 aromatic heterocycles. The van der Waals surface area contributed by atoms with Crippen LogP contribution in [0.5, 0.6) is 0 Å². The summed E-state index contributed by atoms with van der Waals surface area (Å²) in [6, 6.07) is 6.79. The highest BCUT2D eigenvalue weighted by Crippen LogP contribution is 2.18. The zero-order valence-electron chi connectivity index (χ0n) is 8.58. The predicted octanol–water partition coefficient (Wildman–Crippen LogP) is 0.0772. The highest BCUT2D eigenvalue weighted by molar-refractivity contribution is 6.58. The lowest BCUT2D eigenvalue weighted by molar-refractivity contribution is 0.426. The summed E-state index contributed by atoms with van der Waals surface area (Å²) in [5.41, 5.74) is 1.30. The molecule has 1 heterocycles. The molecule has 0 saturated carbocycles. The molecule has 0 unspecified atom stereocenters. The van der Waals surface area contributed by atoms with Gasteiger partial charge in [-0.25, -0.2) is 4.68 Å². The maximum Gasteiger partial charge on any atom is 0.491 e. The highest BCUT2D eigenvalue weighted by atomic mass is 35.5. The highest BCUT2D eigenvalue weighted by Gasteiger charge is 2.14. The van der Waals surface area contributed by atoms with E-state index in [1.807, 2.05) is 6.07 Å². The molecule has 1 aromatic carbocycles. The van der Waals surface area contributed by atoms with Crippen LogP contribution in [0, 0.1) is 11.3 Å². The second kappa shape index (κ2) is 4.59. The van der Waals surface area contributed by atoms with Crippen molar-refractivity contribution >= 4 is 24.2 Å². The Morgan fingerprint density at radius 1 is 1.41 bits per heavy atom. The van der Waals surface area contributed by atoms with Crippen molar-refractivity contribution < 1.29 is 10.0 Å². The number of aromatic nitrogens is 2. The zero-order valence-corrected chi connectivity index (χ0v) is 9.33. The Labute approximate surface area is 103 Å². The number of benzene rings is 1. The van der Waals surface area contributed by atoms with Crippen LogP contribution in [0.15, 0.2) is 30.6 Å². The van der Waals surface area contributed by atoms with Gasteiger partial charge < -0.3 is 10.0 Å². The number of nitrogens with zero attached hydrogens (tertiary/aromatic N) is 3. The molecule has 84 valence electrons. The van der Waals surface area contributed by atoms with Crippen LogP contribution in [0.1, 0.15) is 5.56 Å². The molecule has 7 heteroatoms. The van der Waals surface area contributed by atoms with Crippen molar-refractivity contribution in [3.8, 4) is 11.8 Å². The summed E-state index contributed by atoms with van der Waals surface area (Å²) in [6.45, 7) is 0. The average molecular weight is 247 g/mol. The van der Waals surface area contributed by atoms with Gasteiger partial charge in [0.15, 0.2) is 0 Å². The van der Waals surface area contributed by atoms with Gasteiger partial charge in [-0.2, -0.15) is 10.4 Å².